The Balaban J connectivity index is 2.01. The van der Waals surface area contributed by atoms with E-state index in [0.29, 0.717) is 28.9 Å². The van der Waals surface area contributed by atoms with Crippen LogP contribution >= 0.6 is 23.2 Å². The SMILES string of the molecule is CC(Oc1cc(Cl)ccc1Cl)C(=O)N1CCNCC1. The molecule has 19 heavy (non-hydrogen) atoms. The molecular weight excluding hydrogens is 287 g/mol. The van der Waals surface area contributed by atoms with Crippen molar-refractivity contribution in [3.05, 3.63) is 28.2 Å². The second kappa shape index (κ2) is 6.46. The molecule has 1 unspecified atom stereocenters. The third kappa shape index (κ3) is 3.75. The van der Waals surface area contributed by atoms with Crippen LogP contribution in [0.1, 0.15) is 6.92 Å². The summed E-state index contributed by atoms with van der Waals surface area (Å²) in [4.78, 5) is 14.0. The normalized spacial score (nSPS) is 17.1. The van der Waals surface area contributed by atoms with Crippen LogP contribution in [0.25, 0.3) is 0 Å². The molecule has 1 atom stereocenters. The molecule has 0 aliphatic carbocycles. The Bertz CT molecular complexity index is 462. The second-order valence-electron chi connectivity index (χ2n) is 4.41. The van der Waals surface area contributed by atoms with E-state index in [2.05, 4.69) is 5.32 Å². The lowest BCUT2D eigenvalue weighted by Gasteiger charge is -2.29. The molecule has 0 bridgehead atoms. The minimum atomic E-state index is -0.575. The number of carbonyl (C=O) groups is 1. The van der Waals surface area contributed by atoms with Crippen molar-refractivity contribution in [3.8, 4) is 5.75 Å². The largest absolute Gasteiger partial charge is 0.479 e. The number of carbonyl (C=O) groups excluding carboxylic acids is 1. The van der Waals surface area contributed by atoms with Crippen LogP contribution in [0.15, 0.2) is 18.2 Å². The monoisotopic (exact) mass is 302 g/mol. The maximum absolute atomic E-state index is 12.2. The predicted octanol–water partition coefficient (Wildman–Crippen LogP) is 2.19. The number of amides is 1. The van der Waals surface area contributed by atoms with Crippen molar-refractivity contribution in [3.63, 3.8) is 0 Å². The van der Waals surface area contributed by atoms with Crippen molar-refractivity contribution in [2.45, 2.75) is 13.0 Å². The highest BCUT2D eigenvalue weighted by atomic mass is 35.5. The Hall–Kier alpha value is -0.970. The number of ether oxygens (including phenoxy) is 1. The minimum absolute atomic E-state index is 0.0301. The van der Waals surface area contributed by atoms with Gasteiger partial charge in [-0.15, -0.1) is 0 Å². The minimum Gasteiger partial charge on any atom is -0.479 e. The second-order valence-corrected chi connectivity index (χ2v) is 5.25. The fourth-order valence-electron chi connectivity index (χ4n) is 1.95. The topological polar surface area (TPSA) is 41.6 Å². The van der Waals surface area contributed by atoms with Crippen molar-refractivity contribution in [2.75, 3.05) is 26.2 Å². The summed E-state index contributed by atoms with van der Waals surface area (Å²) < 4.78 is 5.61. The Morgan fingerprint density at radius 3 is 2.74 bits per heavy atom. The first-order valence-corrected chi connectivity index (χ1v) is 6.95. The summed E-state index contributed by atoms with van der Waals surface area (Å²) in [6.45, 7) is 4.76. The van der Waals surface area contributed by atoms with E-state index in [-0.39, 0.29) is 5.91 Å². The summed E-state index contributed by atoms with van der Waals surface area (Å²) in [5.74, 6) is 0.405. The van der Waals surface area contributed by atoms with Gasteiger partial charge in [0, 0.05) is 37.3 Å². The quantitative estimate of drug-likeness (QED) is 0.930. The third-order valence-corrected chi connectivity index (χ3v) is 3.52. The maximum Gasteiger partial charge on any atom is 0.263 e. The van der Waals surface area contributed by atoms with Gasteiger partial charge in [0.15, 0.2) is 6.10 Å². The average Bonchev–Trinajstić information content (AvgIpc) is 2.43. The van der Waals surface area contributed by atoms with E-state index < -0.39 is 6.10 Å². The third-order valence-electron chi connectivity index (χ3n) is 2.97. The molecule has 2 rings (SSSR count). The number of piperazine rings is 1. The lowest BCUT2D eigenvalue weighted by molar-refractivity contribution is -0.138. The Morgan fingerprint density at radius 1 is 1.37 bits per heavy atom. The number of rotatable bonds is 3. The van der Waals surface area contributed by atoms with Crippen molar-refractivity contribution >= 4 is 29.1 Å². The molecule has 1 amide bonds. The summed E-state index contributed by atoms with van der Waals surface area (Å²) in [6.07, 6.45) is -0.575. The van der Waals surface area contributed by atoms with Gasteiger partial charge < -0.3 is 15.0 Å². The van der Waals surface area contributed by atoms with Crippen LogP contribution in [0, 0.1) is 0 Å². The summed E-state index contributed by atoms with van der Waals surface area (Å²) in [6, 6.07) is 4.95. The molecule has 4 nitrogen and oxygen atoms in total. The van der Waals surface area contributed by atoms with Gasteiger partial charge in [0.2, 0.25) is 0 Å². The van der Waals surface area contributed by atoms with Gasteiger partial charge in [-0.25, -0.2) is 0 Å². The number of benzene rings is 1. The lowest BCUT2D eigenvalue weighted by Crippen LogP contribution is -2.50. The standard InChI is InChI=1S/C13H16Cl2N2O2/c1-9(13(18)17-6-4-16-5-7-17)19-12-8-10(14)2-3-11(12)15/h2-3,8-9,16H,4-7H2,1H3. The predicted molar refractivity (Wildman–Crippen MR) is 76.0 cm³/mol. The van der Waals surface area contributed by atoms with Crippen molar-refractivity contribution in [1.82, 2.24) is 10.2 Å². The molecule has 1 aliphatic rings. The van der Waals surface area contributed by atoms with Gasteiger partial charge in [0.25, 0.3) is 5.91 Å². The lowest BCUT2D eigenvalue weighted by atomic mass is 10.2. The van der Waals surface area contributed by atoms with Crippen molar-refractivity contribution in [2.24, 2.45) is 0 Å². The average molecular weight is 303 g/mol. The van der Waals surface area contributed by atoms with Crippen molar-refractivity contribution in [1.29, 1.82) is 0 Å². The number of halogens is 2. The first-order chi connectivity index (χ1) is 9.08. The number of hydrogen-bond acceptors (Lipinski definition) is 3. The summed E-state index contributed by atoms with van der Waals surface area (Å²) >= 11 is 11.9. The Kier molecular flexibility index (Phi) is 4.91. The van der Waals surface area contributed by atoms with Crippen LogP contribution in [0.2, 0.25) is 10.0 Å². The molecule has 1 saturated heterocycles. The van der Waals surface area contributed by atoms with E-state index >= 15 is 0 Å². The highest BCUT2D eigenvalue weighted by Gasteiger charge is 2.23. The molecule has 0 radical (unpaired) electrons. The molecule has 1 aliphatic heterocycles. The van der Waals surface area contributed by atoms with Crippen LogP contribution < -0.4 is 10.1 Å². The number of nitrogens with one attached hydrogen (secondary N) is 1. The van der Waals surface area contributed by atoms with E-state index in [1.54, 1.807) is 30.0 Å². The molecule has 6 heteroatoms. The van der Waals surface area contributed by atoms with E-state index in [0.717, 1.165) is 13.1 Å². The fraction of sp³-hybridized carbons (Fsp3) is 0.462. The van der Waals surface area contributed by atoms with Gasteiger partial charge in [-0.1, -0.05) is 23.2 Å². The first kappa shape index (κ1) is 14.4. The highest BCUT2D eigenvalue weighted by Crippen LogP contribution is 2.28. The van der Waals surface area contributed by atoms with Crippen LogP contribution in [-0.2, 0) is 4.79 Å². The van der Waals surface area contributed by atoms with E-state index in [4.69, 9.17) is 27.9 Å². The zero-order valence-corrected chi connectivity index (χ0v) is 12.2. The van der Waals surface area contributed by atoms with Crippen LogP contribution in [-0.4, -0.2) is 43.1 Å². The molecule has 1 fully saturated rings. The van der Waals surface area contributed by atoms with Gasteiger partial charge >= 0.3 is 0 Å². The van der Waals surface area contributed by atoms with Gasteiger partial charge in [-0.05, 0) is 19.1 Å². The van der Waals surface area contributed by atoms with Gasteiger partial charge in [0.1, 0.15) is 5.75 Å². The molecule has 104 valence electrons. The zero-order valence-electron chi connectivity index (χ0n) is 10.7. The number of nitrogens with zero attached hydrogens (tertiary/aromatic N) is 1. The summed E-state index contributed by atoms with van der Waals surface area (Å²) in [5.41, 5.74) is 0. The van der Waals surface area contributed by atoms with E-state index in [9.17, 15) is 4.79 Å². The zero-order chi connectivity index (χ0) is 13.8. The van der Waals surface area contributed by atoms with Crippen molar-refractivity contribution < 1.29 is 9.53 Å². The fourth-order valence-corrected chi connectivity index (χ4v) is 2.27. The Labute approximate surface area is 122 Å². The van der Waals surface area contributed by atoms with Gasteiger partial charge in [-0.2, -0.15) is 0 Å². The van der Waals surface area contributed by atoms with Gasteiger partial charge in [0.05, 0.1) is 5.02 Å². The molecule has 0 spiro atoms. The molecular formula is C13H16Cl2N2O2. The molecule has 1 heterocycles. The molecule has 1 aromatic carbocycles. The summed E-state index contributed by atoms with van der Waals surface area (Å²) in [7, 11) is 0. The van der Waals surface area contributed by atoms with E-state index in [1.807, 2.05) is 0 Å². The molecule has 1 N–H and O–H groups in total. The first-order valence-electron chi connectivity index (χ1n) is 6.19. The molecule has 0 saturated carbocycles. The van der Waals surface area contributed by atoms with Crippen LogP contribution in [0.3, 0.4) is 0 Å². The smallest absolute Gasteiger partial charge is 0.263 e. The highest BCUT2D eigenvalue weighted by molar-refractivity contribution is 6.34. The van der Waals surface area contributed by atoms with Crippen LogP contribution in [0.4, 0.5) is 0 Å². The van der Waals surface area contributed by atoms with Crippen LogP contribution in [0.5, 0.6) is 5.75 Å². The maximum atomic E-state index is 12.2. The number of hydrogen-bond donors (Lipinski definition) is 1. The van der Waals surface area contributed by atoms with E-state index in [1.165, 1.54) is 0 Å². The molecule has 0 aromatic heterocycles. The summed E-state index contributed by atoms with van der Waals surface area (Å²) in [5, 5.41) is 4.18. The molecule has 1 aromatic rings. The van der Waals surface area contributed by atoms with Gasteiger partial charge in [-0.3, -0.25) is 4.79 Å². The Morgan fingerprint density at radius 2 is 2.05 bits per heavy atom.